The number of anilines is 1. The highest BCUT2D eigenvalue weighted by Gasteiger charge is 2.20. The van der Waals surface area contributed by atoms with Crippen molar-refractivity contribution in [2.24, 2.45) is 0 Å². The minimum absolute atomic E-state index is 0.0965. The molecule has 0 unspecified atom stereocenters. The van der Waals surface area contributed by atoms with E-state index in [1.807, 2.05) is 0 Å². The molecule has 19 heavy (non-hydrogen) atoms. The van der Waals surface area contributed by atoms with Crippen molar-refractivity contribution in [3.63, 3.8) is 0 Å². The highest BCUT2D eigenvalue weighted by atomic mass is 16.3. The summed E-state index contributed by atoms with van der Waals surface area (Å²) in [7, 11) is 0. The summed E-state index contributed by atoms with van der Waals surface area (Å²) in [5.74, 6) is 0.168. The molecule has 1 aliphatic heterocycles. The summed E-state index contributed by atoms with van der Waals surface area (Å²) < 4.78 is 0. The minimum Gasteiger partial charge on any atom is -0.506 e. The number of piperidine rings is 1. The molecule has 1 saturated heterocycles. The second-order valence-corrected chi connectivity index (χ2v) is 4.86. The number of aromatic hydroxyl groups is 1. The van der Waals surface area contributed by atoms with Gasteiger partial charge >= 0.3 is 0 Å². The van der Waals surface area contributed by atoms with Crippen molar-refractivity contribution in [2.45, 2.75) is 25.5 Å². The third-order valence-electron chi connectivity index (χ3n) is 3.57. The first-order valence-corrected chi connectivity index (χ1v) is 6.59. The summed E-state index contributed by atoms with van der Waals surface area (Å²) in [6, 6.07) is 5.40. The minimum atomic E-state index is -0.0965. The van der Waals surface area contributed by atoms with Gasteiger partial charge in [-0.3, -0.25) is 4.90 Å². The van der Waals surface area contributed by atoms with Crippen LogP contribution in [0, 0.1) is 0 Å². The highest BCUT2D eigenvalue weighted by Crippen LogP contribution is 2.29. The monoisotopic (exact) mass is 264 g/mol. The van der Waals surface area contributed by atoms with E-state index in [1.165, 1.54) is 0 Å². The fourth-order valence-corrected chi connectivity index (χ4v) is 2.45. The number of nitrogens with one attached hydrogen (secondary N) is 1. The third-order valence-corrected chi connectivity index (χ3v) is 3.57. The van der Waals surface area contributed by atoms with Crippen molar-refractivity contribution >= 4 is 12.0 Å². The Labute approximate surface area is 112 Å². The number of rotatable bonds is 5. The lowest BCUT2D eigenvalue weighted by molar-refractivity contribution is -0.109. The summed E-state index contributed by atoms with van der Waals surface area (Å²) in [6.45, 7) is 2.14. The van der Waals surface area contributed by atoms with E-state index in [1.54, 1.807) is 18.2 Å². The van der Waals surface area contributed by atoms with Crippen molar-refractivity contribution in [2.75, 3.05) is 25.0 Å². The van der Waals surface area contributed by atoms with Gasteiger partial charge in [0, 0.05) is 24.7 Å². The highest BCUT2D eigenvalue weighted by molar-refractivity contribution is 5.61. The molecule has 5 nitrogen and oxygen atoms in total. The second-order valence-electron chi connectivity index (χ2n) is 4.86. The summed E-state index contributed by atoms with van der Waals surface area (Å²) in [5.41, 5.74) is 1.33. The number of hydrogen-bond donors (Lipinski definition) is 3. The Hall–Kier alpha value is -1.59. The number of benzene rings is 1. The van der Waals surface area contributed by atoms with E-state index in [-0.39, 0.29) is 18.4 Å². The standard InChI is InChI=1S/C14H20N2O3/c17-9-8-16-6-4-12(5-7-16)15-14-11(10-18)2-1-3-13(14)19/h1-3,9,12,15,18-19H,4-8,10H2. The van der Waals surface area contributed by atoms with Gasteiger partial charge in [-0.25, -0.2) is 0 Å². The number of nitrogens with zero attached hydrogens (tertiary/aromatic N) is 1. The summed E-state index contributed by atoms with van der Waals surface area (Å²) in [4.78, 5) is 12.6. The molecule has 0 saturated carbocycles. The largest absolute Gasteiger partial charge is 0.506 e. The molecule has 1 fully saturated rings. The topological polar surface area (TPSA) is 72.8 Å². The van der Waals surface area contributed by atoms with Crippen LogP contribution in [0.1, 0.15) is 18.4 Å². The van der Waals surface area contributed by atoms with Crippen LogP contribution in [0.25, 0.3) is 0 Å². The number of carbonyl (C=O) groups is 1. The van der Waals surface area contributed by atoms with E-state index in [9.17, 15) is 15.0 Å². The first-order chi connectivity index (χ1) is 9.24. The lowest BCUT2D eigenvalue weighted by atomic mass is 10.0. The molecule has 104 valence electrons. The number of para-hydroxylation sites is 1. The molecule has 5 heteroatoms. The zero-order valence-corrected chi connectivity index (χ0v) is 10.9. The average Bonchev–Trinajstić information content (AvgIpc) is 2.43. The van der Waals surface area contributed by atoms with Gasteiger partial charge in [-0.1, -0.05) is 12.1 Å². The molecule has 0 amide bonds. The number of aliphatic hydroxyl groups excluding tert-OH is 1. The maximum absolute atomic E-state index is 10.5. The molecule has 0 aliphatic carbocycles. The van der Waals surface area contributed by atoms with Crippen LogP contribution in [-0.2, 0) is 11.4 Å². The number of likely N-dealkylation sites (tertiary alicyclic amines) is 1. The number of phenolic OH excluding ortho intramolecular Hbond substituents is 1. The van der Waals surface area contributed by atoms with Crippen molar-refractivity contribution in [3.8, 4) is 5.75 Å². The van der Waals surface area contributed by atoms with Gasteiger partial charge in [0.05, 0.1) is 18.8 Å². The van der Waals surface area contributed by atoms with Crippen molar-refractivity contribution in [3.05, 3.63) is 23.8 Å². The van der Waals surface area contributed by atoms with E-state index < -0.39 is 0 Å². The van der Waals surface area contributed by atoms with Gasteiger partial charge in [-0.15, -0.1) is 0 Å². The lowest BCUT2D eigenvalue weighted by Crippen LogP contribution is -2.40. The predicted molar refractivity (Wildman–Crippen MR) is 73.2 cm³/mol. The molecule has 0 spiro atoms. The molecule has 1 heterocycles. The third kappa shape index (κ3) is 3.45. The van der Waals surface area contributed by atoms with E-state index in [2.05, 4.69) is 10.2 Å². The Morgan fingerprint density at radius 3 is 2.74 bits per heavy atom. The fourth-order valence-electron chi connectivity index (χ4n) is 2.45. The Kier molecular flexibility index (Phi) is 4.76. The van der Waals surface area contributed by atoms with Crippen LogP contribution in [0.2, 0.25) is 0 Å². The molecule has 1 aliphatic rings. The van der Waals surface area contributed by atoms with Crippen LogP contribution >= 0.6 is 0 Å². The van der Waals surface area contributed by atoms with E-state index in [0.29, 0.717) is 17.8 Å². The average molecular weight is 264 g/mol. The quantitative estimate of drug-likeness (QED) is 0.546. The van der Waals surface area contributed by atoms with Gasteiger partial charge in [-0.05, 0) is 18.9 Å². The van der Waals surface area contributed by atoms with Crippen LogP contribution in [0.3, 0.4) is 0 Å². The lowest BCUT2D eigenvalue weighted by Gasteiger charge is -2.32. The Morgan fingerprint density at radius 1 is 1.37 bits per heavy atom. The van der Waals surface area contributed by atoms with Crippen LogP contribution in [0.5, 0.6) is 5.75 Å². The van der Waals surface area contributed by atoms with Gasteiger partial charge < -0.3 is 20.3 Å². The maximum Gasteiger partial charge on any atom is 0.139 e. The second kappa shape index (κ2) is 6.54. The molecule has 0 bridgehead atoms. The van der Waals surface area contributed by atoms with Crippen molar-refractivity contribution in [1.82, 2.24) is 4.90 Å². The maximum atomic E-state index is 10.5. The summed E-state index contributed by atoms with van der Waals surface area (Å²) in [5, 5.41) is 22.5. The van der Waals surface area contributed by atoms with Gasteiger partial charge in [0.2, 0.25) is 0 Å². The van der Waals surface area contributed by atoms with E-state index >= 15 is 0 Å². The molecule has 0 atom stereocenters. The van der Waals surface area contributed by atoms with Gasteiger partial charge in [0.1, 0.15) is 12.0 Å². The summed E-state index contributed by atoms with van der Waals surface area (Å²) in [6.07, 6.45) is 2.78. The van der Waals surface area contributed by atoms with Crippen LogP contribution in [-0.4, -0.2) is 47.1 Å². The molecular formula is C14H20N2O3. The van der Waals surface area contributed by atoms with Gasteiger partial charge in [0.15, 0.2) is 0 Å². The Bertz CT molecular complexity index is 429. The number of phenols is 1. The summed E-state index contributed by atoms with van der Waals surface area (Å²) >= 11 is 0. The van der Waals surface area contributed by atoms with Crippen LogP contribution in [0.4, 0.5) is 5.69 Å². The van der Waals surface area contributed by atoms with Crippen LogP contribution in [0.15, 0.2) is 18.2 Å². The molecule has 1 aromatic rings. The molecule has 0 aromatic heterocycles. The normalized spacial score (nSPS) is 17.3. The number of hydrogen-bond acceptors (Lipinski definition) is 5. The smallest absolute Gasteiger partial charge is 0.139 e. The first-order valence-electron chi connectivity index (χ1n) is 6.59. The van der Waals surface area contributed by atoms with E-state index in [0.717, 1.165) is 32.2 Å². The SMILES string of the molecule is O=CCN1CCC(Nc2c(O)cccc2CO)CC1. The Morgan fingerprint density at radius 2 is 2.11 bits per heavy atom. The van der Waals surface area contributed by atoms with Gasteiger partial charge in [-0.2, -0.15) is 0 Å². The zero-order chi connectivity index (χ0) is 13.7. The number of carbonyl (C=O) groups excluding carboxylic acids is 1. The first kappa shape index (κ1) is 13.8. The Balaban J connectivity index is 1.97. The number of aldehydes is 1. The number of aliphatic hydroxyl groups is 1. The molecular weight excluding hydrogens is 244 g/mol. The molecule has 1 aromatic carbocycles. The zero-order valence-electron chi connectivity index (χ0n) is 10.9. The van der Waals surface area contributed by atoms with Gasteiger partial charge in [0.25, 0.3) is 0 Å². The molecule has 2 rings (SSSR count). The van der Waals surface area contributed by atoms with Crippen LogP contribution < -0.4 is 5.32 Å². The van der Waals surface area contributed by atoms with E-state index in [4.69, 9.17) is 0 Å². The van der Waals surface area contributed by atoms with Crippen molar-refractivity contribution in [1.29, 1.82) is 0 Å². The predicted octanol–water partition coefficient (Wildman–Crippen LogP) is 0.960. The molecule has 0 radical (unpaired) electrons. The fraction of sp³-hybridized carbons (Fsp3) is 0.500. The molecule has 3 N–H and O–H groups in total. The van der Waals surface area contributed by atoms with Crippen molar-refractivity contribution < 1.29 is 15.0 Å².